The zero-order valence-corrected chi connectivity index (χ0v) is 19.4. The molecule has 1 fully saturated rings. The molecule has 0 aromatic heterocycles. The molecule has 0 saturated carbocycles. The Morgan fingerprint density at radius 1 is 0.970 bits per heavy atom. The van der Waals surface area contributed by atoms with Gasteiger partial charge in [-0.3, -0.25) is 9.59 Å². The number of rotatable bonds is 7. The zero-order valence-electron chi connectivity index (χ0n) is 19.4. The first-order valence-corrected chi connectivity index (χ1v) is 11.5. The van der Waals surface area contributed by atoms with Gasteiger partial charge >= 0.3 is 0 Å². The monoisotopic (exact) mass is 451 g/mol. The summed E-state index contributed by atoms with van der Waals surface area (Å²) in [5.41, 5.74) is 1.62. The third-order valence-corrected chi connectivity index (χ3v) is 5.99. The zero-order chi connectivity index (χ0) is 23.5. The second-order valence-electron chi connectivity index (χ2n) is 8.80. The molecule has 0 spiro atoms. The highest BCUT2D eigenvalue weighted by Gasteiger charge is 2.43. The van der Waals surface area contributed by atoms with Gasteiger partial charge in [-0.2, -0.15) is 0 Å². The summed E-state index contributed by atoms with van der Waals surface area (Å²) in [6.45, 7) is 10.7. The van der Waals surface area contributed by atoms with Crippen molar-refractivity contribution in [1.82, 2.24) is 9.80 Å². The third-order valence-electron chi connectivity index (χ3n) is 5.99. The standard InChI is InChI=1S/C26H30FN3O3/c1-4-28-12-14-29(15-13-28)24-23(19-8-10-22(11-9-19)33-17-18(2)3)25(31)30(26(24)32)21-7-5-6-20(27)16-21/h5-11,16,18H,4,12-15,17H2,1-3H3. The summed E-state index contributed by atoms with van der Waals surface area (Å²) in [6, 6.07) is 12.9. The summed E-state index contributed by atoms with van der Waals surface area (Å²) < 4.78 is 19.7. The highest BCUT2D eigenvalue weighted by atomic mass is 19.1. The maximum Gasteiger partial charge on any atom is 0.282 e. The first kappa shape index (κ1) is 23.0. The van der Waals surface area contributed by atoms with Gasteiger partial charge in [0.1, 0.15) is 17.3 Å². The van der Waals surface area contributed by atoms with Crippen molar-refractivity contribution in [3.63, 3.8) is 0 Å². The number of carbonyl (C=O) groups excluding carboxylic acids is 2. The van der Waals surface area contributed by atoms with Crippen LogP contribution in [0.4, 0.5) is 10.1 Å². The molecule has 4 rings (SSSR count). The number of piperazine rings is 1. The van der Waals surface area contributed by atoms with E-state index in [9.17, 15) is 14.0 Å². The molecule has 7 heteroatoms. The molecule has 2 aliphatic heterocycles. The molecule has 0 unspecified atom stereocenters. The lowest BCUT2D eigenvalue weighted by Crippen LogP contribution is -2.47. The van der Waals surface area contributed by atoms with Crippen LogP contribution in [0.2, 0.25) is 0 Å². The van der Waals surface area contributed by atoms with E-state index in [1.807, 2.05) is 29.2 Å². The second-order valence-corrected chi connectivity index (χ2v) is 8.80. The average Bonchev–Trinajstić information content (AvgIpc) is 3.08. The van der Waals surface area contributed by atoms with Crippen LogP contribution in [0.3, 0.4) is 0 Å². The number of ether oxygens (including phenoxy) is 1. The lowest BCUT2D eigenvalue weighted by Gasteiger charge is -2.36. The topological polar surface area (TPSA) is 53.1 Å². The summed E-state index contributed by atoms with van der Waals surface area (Å²) in [7, 11) is 0. The summed E-state index contributed by atoms with van der Waals surface area (Å²) >= 11 is 0. The number of nitrogens with zero attached hydrogens (tertiary/aromatic N) is 3. The van der Waals surface area contributed by atoms with Gasteiger partial charge in [0.15, 0.2) is 0 Å². The highest BCUT2D eigenvalue weighted by molar-refractivity contribution is 6.45. The van der Waals surface area contributed by atoms with E-state index in [1.165, 1.54) is 18.2 Å². The van der Waals surface area contributed by atoms with Gasteiger partial charge in [0.05, 0.1) is 17.9 Å². The number of halogens is 1. The van der Waals surface area contributed by atoms with Crippen molar-refractivity contribution in [2.75, 3.05) is 44.2 Å². The Morgan fingerprint density at radius 2 is 1.67 bits per heavy atom. The normalized spacial score (nSPS) is 17.5. The lowest BCUT2D eigenvalue weighted by molar-refractivity contribution is -0.120. The Labute approximate surface area is 194 Å². The maximum atomic E-state index is 13.9. The summed E-state index contributed by atoms with van der Waals surface area (Å²) in [6.07, 6.45) is 0. The van der Waals surface area contributed by atoms with Gasteiger partial charge in [0.25, 0.3) is 11.8 Å². The molecular weight excluding hydrogens is 421 g/mol. The van der Waals surface area contributed by atoms with E-state index < -0.39 is 17.6 Å². The number of amides is 2. The van der Waals surface area contributed by atoms with Gasteiger partial charge in [-0.15, -0.1) is 0 Å². The van der Waals surface area contributed by atoms with Crippen LogP contribution < -0.4 is 9.64 Å². The largest absolute Gasteiger partial charge is 0.493 e. The Hall–Kier alpha value is -3.19. The second kappa shape index (κ2) is 9.75. The molecule has 1 saturated heterocycles. The van der Waals surface area contributed by atoms with Gasteiger partial charge in [-0.25, -0.2) is 9.29 Å². The molecule has 0 atom stereocenters. The fourth-order valence-electron chi connectivity index (χ4n) is 4.19. The van der Waals surface area contributed by atoms with Gasteiger partial charge in [0, 0.05) is 26.2 Å². The minimum absolute atomic E-state index is 0.238. The van der Waals surface area contributed by atoms with E-state index in [1.54, 1.807) is 6.07 Å². The Morgan fingerprint density at radius 3 is 2.27 bits per heavy atom. The fourth-order valence-corrected chi connectivity index (χ4v) is 4.19. The molecule has 2 aliphatic rings. The molecule has 174 valence electrons. The van der Waals surface area contributed by atoms with Crippen molar-refractivity contribution in [2.24, 2.45) is 5.92 Å². The van der Waals surface area contributed by atoms with Crippen molar-refractivity contribution in [1.29, 1.82) is 0 Å². The molecule has 0 bridgehead atoms. The fraction of sp³-hybridized carbons (Fsp3) is 0.385. The van der Waals surface area contributed by atoms with Crippen LogP contribution in [-0.4, -0.2) is 60.9 Å². The average molecular weight is 452 g/mol. The SMILES string of the molecule is CCN1CCN(C2=C(c3ccc(OCC(C)C)cc3)C(=O)N(c3cccc(F)c3)C2=O)CC1. The molecule has 2 heterocycles. The number of anilines is 1. The number of imide groups is 1. The van der Waals surface area contributed by atoms with Crippen molar-refractivity contribution in [2.45, 2.75) is 20.8 Å². The van der Waals surface area contributed by atoms with Gasteiger partial charge < -0.3 is 14.5 Å². The minimum Gasteiger partial charge on any atom is -0.493 e. The van der Waals surface area contributed by atoms with E-state index in [0.717, 1.165) is 24.5 Å². The first-order chi connectivity index (χ1) is 15.9. The number of likely N-dealkylation sites (N-methyl/N-ethyl adjacent to an activating group) is 1. The van der Waals surface area contributed by atoms with E-state index in [0.29, 0.717) is 48.2 Å². The quantitative estimate of drug-likeness (QED) is 0.600. The van der Waals surface area contributed by atoms with Crippen LogP contribution >= 0.6 is 0 Å². The lowest BCUT2D eigenvalue weighted by atomic mass is 10.0. The number of benzene rings is 2. The van der Waals surface area contributed by atoms with Gasteiger partial charge in [-0.1, -0.05) is 39.0 Å². The Balaban J connectivity index is 1.71. The summed E-state index contributed by atoms with van der Waals surface area (Å²) in [5.74, 6) is -0.231. The number of carbonyl (C=O) groups is 2. The third kappa shape index (κ3) is 4.78. The molecule has 0 N–H and O–H groups in total. The Bertz CT molecular complexity index is 1060. The van der Waals surface area contributed by atoms with E-state index in [4.69, 9.17) is 4.74 Å². The van der Waals surface area contributed by atoms with E-state index >= 15 is 0 Å². The van der Waals surface area contributed by atoms with Crippen molar-refractivity contribution in [3.05, 3.63) is 65.6 Å². The summed E-state index contributed by atoms with van der Waals surface area (Å²) in [4.78, 5) is 32.5. The molecule has 6 nitrogen and oxygen atoms in total. The minimum atomic E-state index is -0.494. The van der Waals surface area contributed by atoms with Crippen molar-refractivity contribution >= 4 is 23.1 Å². The molecule has 0 aliphatic carbocycles. The van der Waals surface area contributed by atoms with Crippen LogP contribution in [0, 0.1) is 11.7 Å². The molecule has 33 heavy (non-hydrogen) atoms. The van der Waals surface area contributed by atoms with Crippen LogP contribution in [0.1, 0.15) is 26.3 Å². The first-order valence-electron chi connectivity index (χ1n) is 11.5. The van der Waals surface area contributed by atoms with Crippen molar-refractivity contribution in [3.8, 4) is 5.75 Å². The predicted octanol–water partition coefficient (Wildman–Crippen LogP) is 3.78. The van der Waals surface area contributed by atoms with Crippen LogP contribution in [0.5, 0.6) is 5.75 Å². The Kier molecular flexibility index (Phi) is 6.79. The molecule has 0 radical (unpaired) electrons. The van der Waals surface area contributed by atoms with Crippen LogP contribution in [-0.2, 0) is 9.59 Å². The maximum absolute atomic E-state index is 13.9. The molecule has 2 aromatic rings. The smallest absolute Gasteiger partial charge is 0.282 e. The van der Waals surface area contributed by atoms with Gasteiger partial charge in [-0.05, 0) is 48.4 Å². The van der Waals surface area contributed by atoms with Gasteiger partial charge in [0.2, 0.25) is 0 Å². The van der Waals surface area contributed by atoms with Crippen LogP contribution in [0.15, 0.2) is 54.2 Å². The van der Waals surface area contributed by atoms with Crippen molar-refractivity contribution < 1.29 is 18.7 Å². The molecular formula is C26H30FN3O3. The summed E-state index contributed by atoms with van der Waals surface area (Å²) in [5, 5.41) is 0. The molecule has 2 aromatic carbocycles. The van der Waals surface area contributed by atoms with Crippen LogP contribution in [0.25, 0.3) is 5.57 Å². The number of hydrogen-bond donors (Lipinski definition) is 0. The highest BCUT2D eigenvalue weighted by Crippen LogP contribution is 2.36. The molecule has 2 amide bonds. The number of hydrogen-bond acceptors (Lipinski definition) is 5. The predicted molar refractivity (Wildman–Crippen MR) is 126 cm³/mol. The van der Waals surface area contributed by atoms with E-state index in [2.05, 4.69) is 25.7 Å². The van der Waals surface area contributed by atoms with E-state index in [-0.39, 0.29) is 5.69 Å².